The number of carbonyl (C=O) groups excluding carboxylic acids is 2. The molecule has 10 heteroatoms. The summed E-state index contributed by atoms with van der Waals surface area (Å²) in [5, 5.41) is 0. The minimum absolute atomic E-state index is 0.0538. The Bertz CT molecular complexity index is 1470. The Balaban J connectivity index is 3.78. The van der Waals surface area contributed by atoms with Crippen LogP contribution in [0.4, 0.5) is 0 Å². The summed E-state index contributed by atoms with van der Waals surface area (Å²) in [6.07, 6.45) is 76.7. The molecule has 2 atom stereocenters. The number of carbonyl (C=O) groups is 2. The van der Waals surface area contributed by atoms with Gasteiger partial charge in [-0.05, 0) is 70.6 Å². The van der Waals surface area contributed by atoms with Crippen LogP contribution in [0.1, 0.15) is 271 Å². The Hall–Kier alpha value is -2.81. The SMILES string of the molecule is CC/C=C\C/C=C\C/C=C\C/C=C\C/C=C\C/C=C\C/C=C\CCCCCCCCCCCCCCCCCCCCCC(=O)OC(COC(=O)CCCCCCCCCCCCC)COP(=O)(O)OCCN. The van der Waals surface area contributed by atoms with Gasteiger partial charge in [0, 0.05) is 19.4 Å². The summed E-state index contributed by atoms with van der Waals surface area (Å²) in [7, 11) is -4.38. The van der Waals surface area contributed by atoms with Crippen molar-refractivity contribution < 1.29 is 37.6 Å². The number of esters is 2. The highest BCUT2D eigenvalue weighted by Crippen LogP contribution is 2.43. The normalized spacial score (nSPS) is 13.6. The number of hydrogen-bond donors (Lipinski definition) is 2. The molecule has 73 heavy (non-hydrogen) atoms. The first kappa shape index (κ1) is 70.2. The summed E-state index contributed by atoms with van der Waals surface area (Å²) in [5.41, 5.74) is 5.37. The van der Waals surface area contributed by atoms with E-state index in [0.717, 1.165) is 83.5 Å². The van der Waals surface area contributed by atoms with Crippen LogP contribution in [0.2, 0.25) is 0 Å². The van der Waals surface area contributed by atoms with E-state index >= 15 is 0 Å². The van der Waals surface area contributed by atoms with Crippen molar-refractivity contribution in [2.75, 3.05) is 26.4 Å². The zero-order valence-corrected chi connectivity index (χ0v) is 48.0. The Morgan fingerprint density at radius 1 is 0.425 bits per heavy atom. The second kappa shape index (κ2) is 58.5. The zero-order valence-electron chi connectivity index (χ0n) is 47.1. The molecular formula is C63H112NO8P. The van der Waals surface area contributed by atoms with Gasteiger partial charge < -0.3 is 20.1 Å². The van der Waals surface area contributed by atoms with Gasteiger partial charge in [-0.15, -0.1) is 0 Å². The number of allylic oxidation sites excluding steroid dienone is 14. The van der Waals surface area contributed by atoms with E-state index in [-0.39, 0.29) is 38.6 Å². The molecule has 0 aliphatic rings. The van der Waals surface area contributed by atoms with Gasteiger partial charge in [0.1, 0.15) is 6.61 Å². The molecule has 422 valence electrons. The molecular weight excluding hydrogens is 930 g/mol. The van der Waals surface area contributed by atoms with Gasteiger partial charge in [0.2, 0.25) is 0 Å². The van der Waals surface area contributed by atoms with Crippen molar-refractivity contribution in [1.82, 2.24) is 0 Å². The fourth-order valence-electron chi connectivity index (χ4n) is 8.38. The first-order valence-electron chi connectivity index (χ1n) is 30.1. The van der Waals surface area contributed by atoms with Crippen LogP contribution >= 0.6 is 7.82 Å². The van der Waals surface area contributed by atoms with Gasteiger partial charge in [-0.1, -0.05) is 272 Å². The Morgan fingerprint density at radius 3 is 1.12 bits per heavy atom. The van der Waals surface area contributed by atoms with E-state index < -0.39 is 26.5 Å². The first-order chi connectivity index (χ1) is 35.8. The average molecular weight is 1040 g/mol. The molecule has 0 bridgehead atoms. The third-order valence-corrected chi connectivity index (χ3v) is 13.8. The van der Waals surface area contributed by atoms with E-state index in [1.807, 2.05) is 0 Å². The van der Waals surface area contributed by atoms with E-state index in [1.54, 1.807) is 0 Å². The van der Waals surface area contributed by atoms with Crippen LogP contribution in [-0.2, 0) is 32.7 Å². The maximum Gasteiger partial charge on any atom is 0.472 e. The average Bonchev–Trinajstić information content (AvgIpc) is 3.38. The van der Waals surface area contributed by atoms with Crippen molar-refractivity contribution in [3.63, 3.8) is 0 Å². The predicted octanol–water partition coefficient (Wildman–Crippen LogP) is 19.1. The fraction of sp³-hybridized carbons (Fsp3) is 0.746. The van der Waals surface area contributed by atoms with Crippen molar-refractivity contribution in [3.05, 3.63) is 85.1 Å². The van der Waals surface area contributed by atoms with Crippen LogP contribution in [-0.4, -0.2) is 49.3 Å². The highest BCUT2D eigenvalue weighted by molar-refractivity contribution is 7.47. The van der Waals surface area contributed by atoms with Gasteiger partial charge in [-0.3, -0.25) is 18.6 Å². The lowest BCUT2D eigenvalue weighted by Gasteiger charge is -2.19. The van der Waals surface area contributed by atoms with Gasteiger partial charge in [0.15, 0.2) is 6.10 Å². The number of phosphoric acid groups is 1. The standard InChI is InChI=1S/C63H112NO8P/c1-3-5-7-9-11-13-15-16-17-18-19-20-21-22-23-24-25-26-27-28-29-30-31-32-33-34-35-36-37-38-39-40-41-42-43-44-46-48-50-52-54-56-63(66)72-61(60-71-73(67,68)70-58-57-64)59-69-62(65)55-53-51-49-47-45-14-12-10-8-6-4-2/h5,7,11,13,16-17,19-20,22-23,25-26,28-29,61H,3-4,6,8-10,12,14-15,18,21,24,27,30-60,64H2,1-2H3,(H,67,68)/b7-5-,13-11-,17-16-,20-19-,23-22-,26-25-,29-28-. The van der Waals surface area contributed by atoms with Crippen LogP contribution in [0.25, 0.3) is 0 Å². The number of phosphoric ester groups is 1. The highest BCUT2D eigenvalue weighted by atomic mass is 31.2. The summed E-state index contributed by atoms with van der Waals surface area (Å²) < 4.78 is 32.9. The van der Waals surface area contributed by atoms with Gasteiger partial charge in [0.05, 0.1) is 13.2 Å². The van der Waals surface area contributed by atoms with Crippen LogP contribution in [0.5, 0.6) is 0 Å². The minimum atomic E-state index is -4.38. The summed E-state index contributed by atoms with van der Waals surface area (Å²) >= 11 is 0. The number of unbranched alkanes of at least 4 members (excludes halogenated alkanes) is 29. The molecule has 0 amide bonds. The second-order valence-corrected chi connectivity index (χ2v) is 21.3. The molecule has 0 saturated carbocycles. The fourth-order valence-corrected chi connectivity index (χ4v) is 9.15. The minimum Gasteiger partial charge on any atom is -0.462 e. The maximum atomic E-state index is 12.7. The molecule has 0 aromatic heterocycles. The molecule has 0 aliphatic carbocycles. The number of rotatable bonds is 56. The Kier molecular flexibility index (Phi) is 56.2. The van der Waals surface area contributed by atoms with Gasteiger partial charge in [0.25, 0.3) is 0 Å². The lowest BCUT2D eigenvalue weighted by molar-refractivity contribution is -0.161. The topological polar surface area (TPSA) is 134 Å². The number of ether oxygens (including phenoxy) is 2. The predicted molar refractivity (Wildman–Crippen MR) is 312 cm³/mol. The molecule has 0 fully saturated rings. The smallest absolute Gasteiger partial charge is 0.462 e. The lowest BCUT2D eigenvalue weighted by atomic mass is 10.0. The first-order valence-corrected chi connectivity index (χ1v) is 31.6. The van der Waals surface area contributed by atoms with Crippen molar-refractivity contribution in [1.29, 1.82) is 0 Å². The van der Waals surface area contributed by atoms with Crippen LogP contribution in [0, 0.1) is 0 Å². The van der Waals surface area contributed by atoms with Crippen LogP contribution in [0.3, 0.4) is 0 Å². The van der Waals surface area contributed by atoms with Crippen LogP contribution in [0.15, 0.2) is 85.1 Å². The summed E-state index contributed by atoms with van der Waals surface area (Å²) in [6.45, 7) is 3.63. The third-order valence-electron chi connectivity index (χ3n) is 12.8. The van der Waals surface area contributed by atoms with E-state index in [1.165, 1.54) is 154 Å². The van der Waals surface area contributed by atoms with Gasteiger partial charge >= 0.3 is 19.8 Å². The molecule has 0 aliphatic heterocycles. The third kappa shape index (κ3) is 58.3. The number of hydrogen-bond acceptors (Lipinski definition) is 8. The van der Waals surface area contributed by atoms with E-state index in [9.17, 15) is 19.0 Å². The molecule has 0 aromatic rings. The monoisotopic (exact) mass is 1040 g/mol. The molecule has 0 heterocycles. The van der Waals surface area contributed by atoms with Crippen molar-refractivity contribution in [2.24, 2.45) is 5.73 Å². The summed E-state index contributed by atoms with van der Waals surface area (Å²) in [4.78, 5) is 35.0. The molecule has 2 unspecified atom stereocenters. The number of nitrogens with two attached hydrogens (primary N) is 1. The molecule has 0 radical (unpaired) electrons. The largest absolute Gasteiger partial charge is 0.472 e. The molecule has 0 spiro atoms. The molecule has 0 rings (SSSR count). The maximum absolute atomic E-state index is 12.7. The summed E-state index contributed by atoms with van der Waals surface area (Å²) in [6, 6.07) is 0. The van der Waals surface area contributed by atoms with E-state index in [4.69, 9.17) is 24.3 Å². The lowest BCUT2D eigenvalue weighted by Crippen LogP contribution is -2.29. The summed E-state index contributed by atoms with van der Waals surface area (Å²) in [5.74, 6) is -0.820. The van der Waals surface area contributed by atoms with E-state index in [0.29, 0.717) is 6.42 Å². The molecule has 0 saturated heterocycles. The Labute approximate surface area is 449 Å². The van der Waals surface area contributed by atoms with E-state index in [2.05, 4.69) is 98.9 Å². The zero-order chi connectivity index (χ0) is 53.1. The highest BCUT2D eigenvalue weighted by Gasteiger charge is 2.26. The molecule has 3 N–H and O–H groups in total. The van der Waals surface area contributed by atoms with Crippen molar-refractivity contribution in [3.8, 4) is 0 Å². The molecule has 9 nitrogen and oxygen atoms in total. The molecule has 0 aromatic carbocycles. The van der Waals surface area contributed by atoms with Gasteiger partial charge in [-0.2, -0.15) is 0 Å². The van der Waals surface area contributed by atoms with Crippen molar-refractivity contribution >= 4 is 19.8 Å². The quantitative estimate of drug-likeness (QED) is 0.0264. The van der Waals surface area contributed by atoms with Gasteiger partial charge in [-0.25, -0.2) is 4.57 Å². The van der Waals surface area contributed by atoms with Crippen LogP contribution < -0.4 is 5.73 Å². The van der Waals surface area contributed by atoms with Crippen molar-refractivity contribution in [2.45, 2.75) is 277 Å². The Morgan fingerprint density at radius 2 is 0.753 bits per heavy atom. The second-order valence-electron chi connectivity index (χ2n) is 19.8.